The van der Waals surface area contributed by atoms with Crippen LogP contribution in [0.1, 0.15) is 32.6 Å². The molecule has 3 heteroatoms. The first kappa shape index (κ1) is 12.1. The highest BCUT2D eigenvalue weighted by Gasteiger charge is 1.97. The number of rotatable bonds is 7. The molecule has 0 saturated carbocycles. The lowest BCUT2D eigenvalue weighted by molar-refractivity contribution is 0.690. The molecule has 0 aromatic rings. The number of hydrogen-bond acceptors (Lipinski definition) is 0. The summed E-state index contributed by atoms with van der Waals surface area (Å²) < 4.78 is 0. The lowest BCUT2D eigenvalue weighted by atomic mass is 10.2. The fourth-order valence-electron chi connectivity index (χ4n) is 0.968. The molecular formula is C8H16AlCl2. The Bertz CT molecular complexity index is 76.5. The highest BCUT2D eigenvalue weighted by molar-refractivity contribution is 6.44. The zero-order valence-corrected chi connectivity index (χ0v) is 9.82. The summed E-state index contributed by atoms with van der Waals surface area (Å²) in [5, 5.41) is 2.85. The van der Waals surface area contributed by atoms with E-state index in [9.17, 15) is 0 Å². The van der Waals surface area contributed by atoms with Crippen molar-refractivity contribution < 1.29 is 0 Å². The average Bonchev–Trinajstić information content (AvgIpc) is 1.96. The third-order valence-corrected chi connectivity index (χ3v) is 3.45. The van der Waals surface area contributed by atoms with Crippen molar-refractivity contribution in [2.75, 3.05) is 0 Å². The van der Waals surface area contributed by atoms with E-state index < -0.39 is 0 Å². The SMILES string of the molecule is C[CH2][Al][CH2]CCCCC(Cl)Cl. The first-order valence-electron chi connectivity index (χ1n) is 4.37. The molecule has 0 aliphatic carbocycles. The maximum Gasteiger partial charge on any atom is 0.199 e. The van der Waals surface area contributed by atoms with E-state index in [1.807, 2.05) is 0 Å². The summed E-state index contributed by atoms with van der Waals surface area (Å²) in [5.74, 6) is 0. The maximum atomic E-state index is 5.59. The first-order chi connectivity index (χ1) is 5.27. The zero-order chi connectivity index (χ0) is 8.53. The van der Waals surface area contributed by atoms with Crippen LogP contribution in [0.15, 0.2) is 0 Å². The van der Waals surface area contributed by atoms with Crippen LogP contribution in [0.5, 0.6) is 0 Å². The van der Waals surface area contributed by atoms with Crippen molar-refractivity contribution in [3.05, 3.63) is 0 Å². The van der Waals surface area contributed by atoms with Gasteiger partial charge in [-0.15, -0.1) is 33.8 Å². The minimum absolute atomic E-state index is 0.145. The first-order valence-corrected chi connectivity index (χ1v) is 6.87. The normalized spacial score (nSPS) is 10.5. The van der Waals surface area contributed by atoms with Gasteiger partial charge >= 0.3 is 0 Å². The molecule has 0 bridgehead atoms. The molecule has 0 nitrogen and oxygen atoms in total. The van der Waals surface area contributed by atoms with Crippen molar-refractivity contribution in [3.63, 3.8) is 0 Å². The van der Waals surface area contributed by atoms with Crippen molar-refractivity contribution in [2.24, 2.45) is 0 Å². The summed E-state index contributed by atoms with van der Waals surface area (Å²) in [6.07, 6.45) is 4.85. The summed E-state index contributed by atoms with van der Waals surface area (Å²) >= 11 is 11.9. The highest BCUT2D eigenvalue weighted by Crippen LogP contribution is 2.13. The van der Waals surface area contributed by atoms with Gasteiger partial charge in [0.15, 0.2) is 15.2 Å². The van der Waals surface area contributed by atoms with Crippen molar-refractivity contribution in [1.29, 1.82) is 0 Å². The Morgan fingerprint density at radius 2 is 1.91 bits per heavy atom. The molecule has 0 heterocycles. The molecule has 0 saturated heterocycles. The van der Waals surface area contributed by atoms with Gasteiger partial charge in [-0.25, -0.2) is 0 Å². The van der Waals surface area contributed by atoms with Crippen molar-refractivity contribution in [1.82, 2.24) is 0 Å². The van der Waals surface area contributed by atoms with E-state index in [0.29, 0.717) is 0 Å². The van der Waals surface area contributed by atoms with Gasteiger partial charge in [-0.3, -0.25) is 0 Å². The van der Waals surface area contributed by atoms with Gasteiger partial charge in [0.2, 0.25) is 0 Å². The zero-order valence-electron chi connectivity index (χ0n) is 7.15. The van der Waals surface area contributed by atoms with Gasteiger partial charge < -0.3 is 0 Å². The van der Waals surface area contributed by atoms with E-state index in [1.165, 1.54) is 29.8 Å². The third kappa shape index (κ3) is 11.1. The molecule has 0 amide bonds. The van der Waals surface area contributed by atoms with Gasteiger partial charge in [0.25, 0.3) is 0 Å². The molecule has 0 spiro atoms. The van der Waals surface area contributed by atoms with Crippen LogP contribution in [-0.2, 0) is 0 Å². The number of halogens is 2. The molecule has 0 aliphatic rings. The largest absolute Gasteiger partial charge is 0.199 e. The van der Waals surface area contributed by atoms with Gasteiger partial charge in [0, 0.05) is 0 Å². The van der Waals surface area contributed by atoms with Gasteiger partial charge in [-0.05, 0) is 6.42 Å². The monoisotopic (exact) mass is 209 g/mol. The summed E-state index contributed by atoms with van der Waals surface area (Å²) in [6, 6.07) is 0. The second-order valence-corrected chi connectivity index (χ2v) is 5.97. The fraction of sp³-hybridized carbons (Fsp3) is 1.00. The van der Waals surface area contributed by atoms with Crippen LogP contribution in [0.3, 0.4) is 0 Å². The molecular weight excluding hydrogens is 194 g/mol. The fourth-order valence-corrected chi connectivity index (χ4v) is 2.26. The predicted molar refractivity (Wildman–Crippen MR) is 55.0 cm³/mol. The molecule has 0 atom stereocenters. The maximum absolute atomic E-state index is 5.59. The van der Waals surface area contributed by atoms with Crippen LogP contribution in [0.25, 0.3) is 0 Å². The second-order valence-electron chi connectivity index (χ2n) is 2.73. The second kappa shape index (κ2) is 9.20. The lowest BCUT2D eigenvalue weighted by Gasteiger charge is -2.00. The molecule has 0 aliphatic heterocycles. The molecule has 11 heavy (non-hydrogen) atoms. The van der Waals surface area contributed by atoms with Crippen LogP contribution in [0.2, 0.25) is 10.6 Å². The van der Waals surface area contributed by atoms with Gasteiger partial charge in [0.1, 0.15) is 4.84 Å². The summed E-state index contributed by atoms with van der Waals surface area (Å²) in [5.41, 5.74) is 0. The summed E-state index contributed by atoms with van der Waals surface area (Å²) in [4.78, 5) is -0.145. The van der Waals surface area contributed by atoms with Crippen molar-refractivity contribution in [3.8, 4) is 0 Å². The topological polar surface area (TPSA) is 0 Å². The van der Waals surface area contributed by atoms with Crippen molar-refractivity contribution in [2.45, 2.75) is 48.0 Å². The number of hydrogen-bond donors (Lipinski definition) is 0. The highest BCUT2D eigenvalue weighted by atomic mass is 35.5. The number of alkyl halides is 2. The van der Waals surface area contributed by atoms with E-state index in [4.69, 9.17) is 23.2 Å². The van der Waals surface area contributed by atoms with Crippen LogP contribution in [0, 0.1) is 0 Å². The molecule has 1 radical (unpaired) electrons. The minimum Gasteiger partial charge on any atom is -0.106 e. The minimum atomic E-state index is -0.145. The molecule has 0 unspecified atom stereocenters. The smallest absolute Gasteiger partial charge is 0.106 e. The van der Waals surface area contributed by atoms with Gasteiger partial charge in [-0.2, -0.15) is 0 Å². The van der Waals surface area contributed by atoms with Crippen LogP contribution in [-0.4, -0.2) is 20.1 Å². The average molecular weight is 210 g/mol. The van der Waals surface area contributed by atoms with E-state index in [1.54, 1.807) is 0 Å². The Kier molecular flexibility index (Phi) is 10.1. The van der Waals surface area contributed by atoms with Crippen molar-refractivity contribution >= 4 is 38.4 Å². The number of unbranched alkanes of at least 4 members (excludes halogenated alkanes) is 2. The lowest BCUT2D eigenvalue weighted by Crippen LogP contribution is -1.89. The molecule has 0 fully saturated rings. The molecule has 0 aromatic carbocycles. The van der Waals surface area contributed by atoms with E-state index in [0.717, 1.165) is 21.6 Å². The molecule has 0 rings (SSSR count). The Morgan fingerprint density at radius 3 is 2.45 bits per heavy atom. The van der Waals surface area contributed by atoms with E-state index >= 15 is 0 Å². The van der Waals surface area contributed by atoms with Gasteiger partial charge in [-0.1, -0.05) is 26.2 Å². The molecule has 0 N–H and O–H groups in total. The standard InChI is InChI=1S/C6H11Cl2.C2H5.Al/c1-2-3-4-5-6(7)8;1-2;/h6H,1-5H2;1H2,2H3;. The third-order valence-electron chi connectivity index (χ3n) is 1.62. The molecule has 0 aromatic heterocycles. The quantitative estimate of drug-likeness (QED) is 0.339. The molecule has 65 valence electrons. The Labute approximate surface area is 86.4 Å². The van der Waals surface area contributed by atoms with Crippen LogP contribution < -0.4 is 0 Å². The van der Waals surface area contributed by atoms with Crippen LogP contribution in [0.4, 0.5) is 0 Å². The van der Waals surface area contributed by atoms with E-state index in [2.05, 4.69) is 6.92 Å². The predicted octanol–water partition coefficient (Wildman–Crippen LogP) is 3.91. The summed E-state index contributed by atoms with van der Waals surface area (Å²) in [6.45, 7) is 2.27. The Balaban J connectivity index is 2.80. The Morgan fingerprint density at radius 1 is 1.18 bits per heavy atom. The van der Waals surface area contributed by atoms with Crippen LogP contribution >= 0.6 is 23.2 Å². The van der Waals surface area contributed by atoms with E-state index in [-0.39, 0.29) is 4.84 Å². The van der Waals surface area contributed by atoms with Gasteiger partial charge in [0.05, 0.1) is 0 Å². The Hall–Kier alpha value is 1.11. The summed E-state index contributed by atoms with van der Waals surface area (Å²) in [7, 11) is 0.